The van der Waals surface area contributed by atoms with Gasteiger partial charge in [0, 0.05) is 9.75 Å². The Hall–Kier alpha value is -0.300. The first-order valence-corrected chi connectivity index (χ1v) is 6.47. The summed E-state index contributed by atoms with van der Waals surface area (Å²) in [5.41, 5.74) is 3.62. The van der Waals surface area contributed by atoms with E-state index in [2.05, 4.69) is 55.4 Å². The second-order valence-corrected chi connectivity index (χ2v) is 7.71. The van der Waals surface area contributed by atoms with E-state index in [-0.39, 0.29) is 10.8 Å². The van der Waals surface area contributed by atoms with Crippen LogP contribution in [0.4, 0.5) is 0 Å². The molecule has 1 aromatic rings. The van der Waals surface area contributed by atoms with Crippen molar-refractivity contribution in [3.05, 3.63) is 20.9 Å². The molecule has 15 heavy (non-hydrogen) atoms. The summed E-state index contributed by atoms with van der Waals surface area (Å²) in [6, 6.07) is 0. The molecule has 0 bridgehead atoms. The van der Waals surface area contributed by atoms with Gasteiger partial charge in [-0.2, -0.15) is 0 Å². The van der Waals surface area contributed by atoms with Crippen molar-refractivity contribution in [2.45, 2.75) is 66.2 Å². The normalized spacial score (nSPS) is 13.3. The number of hydrogen-bond acceptors (Lipinski definition) is 1. The van der Waals surface area contributed by atoms with Crippen molar-refractivity contribution in [2.75, 3.05) is 0 Å². The van der Waals surface area contributed by atoms with Crippen LogP contribution in [-0.4, -0.2) is 0 Å². The molecule has 1 heterocycles. The minimum Gasteiger partial charge on any atom is -0.145 e. The van der Waals surface area contributed by atoms with Gasteiger partial charge in [-0.1, -0.05) is 41.5 Å². The van der Waals surface area contributed by atoms with Crippen LogP contribution in [0.1, 0.15) is 62.4 Å². The maximum absolute atomic E-state index is 2.31. The van der Waals surface area contributed by atoms with E-state index in [9.17, 15) is 0 Å². The summed E-state index contributed by atoms with van der Waals surface area (Å²) in [6.45, 7) is 18.4. The van der Waals surface area contributed by atoms with Crippen LogP contribution >= 0.6 is 11.3 Å². The second-order valence-electron chi connectivity index (χ2n) is 6.49. The summed E-state index contributed by atoms with van der Waals surface area (Å²) in [5, 5.41) is 0. The zero-order chi connectivity index (χ0) is 12.0. The Kier molecular flexibility index (Phi) is 3.08. The van der Waals surface area contributed by atoms with Crippen LogP contribution < -0.4 is 0 Å². The monoisotopic (exact) mass is 224 g/mol. The predicted molar refractivity (Wildman–Crippen MR) is 71.2 cm³/mol. The van der Waals surface area contributed by atoms with Crippen molar-refractivity contribution in [3.8, 4) is 0 Å². The lowest BCUT2D eigenvalue weighted by Crippen LogP contribution is -2.15. The number of rotatable bonds is 0. The molecule has 0 spiro atoms. The third kappa shape index (κ3) is 2.44. The molecule has 0 saturated heterocycles. The molecule has 0 atom stereocenters. The number of aryl methyl sites for hydroxylation is 1. The van der Waals surface area contributed by atoms with Gasteiger partial charge in [0.2, 0.25) is 0 Å². The SMILES string of the molecule is Cc1sc(C(C)(C)C)c(C)c1C(C)(C)C. The van der Waals surface area contributed by atoms with Crippen LogP contribution in [0.5, 0.6) is 0 Å². The van der Waals surface area contributed by atoms with E-state index in [1.54, 1.807) is 10.4 Å². The lowest BCUT2D eigenvalue weighted by atomic mass is 9.81. The molecule has 0 N–H and O–H groups in total. The Morgan fingerprint density at radius 2 is 1.27 bits per heavy atom. The highest BCUT2D eigenvalue weighted by molar-refractivity contribution is 7.12. The van der Waals surface area contributed by atoms with Gasteiger partial charge in [0.05, 0.1) is 0 Å². The first-order valence-electron chi connectivity index (χ1n) is 5.66. The van der Waals surface area contributed by atoms with Crippen LogP contribution in [0.3, 0.4) is 0 Å². The van der Waals surface area contributed by atoms with E-state index in [0.29, 0.717) is 0 Å². The fraction of sp³-hybridized carbons (Fsp3) is 0.714. The van der Waals surface area contributed by atoms with Crippen molar-refractivity contribution in [1.82, 2.24) is 0 Å². The molecule has 0 aliphatic heterocycles. The number of thiophene rings is 1. The fourth-order valence-electron chi connectivity index (χ4n) is 2.46. The average molecular weight is 224 g/mol. The van der Waals surface area contributed by atoms with Crippen molar-refractivity contribution >= 4 is 11.3 Å². The van der Waals surface area contributed by atoms with Crippen molar-refractivity contribution in [3.63, 3.8) is 0 Å². The van der Waals surface area contributed by atoms with E-state index in [4.69, 9.17) is 0 Å². The van der Waals surface area contributed by atoms with E-state index in [0.717, 1.165) is 0 Å². The summed E-state index contributed by atoms with van der Waals surface area (Å²) >= 11 is 1.97. The molecule has 0 aliphatic rings. The molecule has 0 aliphatic carbocycles. The lowest BCUT2D eigenvalue weighted by molar-refractivity contribution is 0.572. The maximum atomic E-state index is 2.31. The van der Waals surface area contributed by atoms with E-state index >= 15 is 0 Å². The fourth-order valence-corrected chi connectivity index (χ4v) is 3.89. The second kappa shape index (κ2) is 3.62. The summed E-state index contributed by atoms with van der Waals surface area (Å²) in [4.78, 5) is 3.04. The summed E-state index contributed by atoms with van der Waals surface area (Å²) in [5.74, 6) is 0. The van der Waals surface area contributed by atoms with Gasteiger partial charge in [-0.25, -0.2) is 0 Å². The molecule has 1 aromatic heterocycles. The van der Waals surface area contributed by atoms with Crippen molar-refractivity contribution < 1.29 is 0 Å². The molecule has 0 nitrogen and oxygen atoms in total. The molecular formula is C14H24S. The Morgan fingerprint density at radius 3 is 1.47 bits per heavy atom. The topological polar surface area (TPSA) is 0 Å². The highest BCUT2D eigenvalue weighted by Gasteiger charge is 2.27. The van der Waals surface area contributed by atoms with Gasteiger partial charge in [-0.15, -0.1) is 11.3 Å². The van der Waals surface area contributed by atoms with E-state index in [1.165, 1.54) is 10.4 Å². The smallest absolute Gasteiger partial charge is 0.0134 e. The number of hydrogen-bond donors (Lipinski definition) is 0. The molecule has 1 rings (SSSR count). The van der Waals surface area contributed by atoms with E-state index < -0.39 is 0 Å². The van der Waals surface area contributed by atoms with Crippen LogP contribution in [0.15, 0.2) is 0 Å². The molecule has 0 unspecified atom stereocenters. The van der Waals surface area contributed by atoms with Crippen LogP contribution in [0.2, 0.25) is 0 Å². The molecule has 0 fully saturated rings. The summed E-state index contributed by atoms with van der Waals surface area (Å²) in [7, 11) is 0. The van der Waals surface area contributed by atoms with Gasteiger partial charge < -0.3 is 0 Å². The summed E-state index contributed by atoms with van der Waals surface area (Å²) < 4.78 is 0. The molecule has 1 heteroatoms. The largest absolute Gasteiger partial charge is 0.145 e. The highest BCUT2D eigenvalue weighted by Crippen LogP contribution is 2.41. The van der Waals surface area contributed by atoms with Gasteiger partial charge in [0.25, 0.3) is 0 Å². The molecule has 0 radical (unpaired) electrons. The molecule has 86 valence electrons. The van der Waals surface area contributed by atoms with Gasteiger partial charge in [-0.05, 0) is 35.8 Å². The molecular weight excluding hydrogens is 200 g/mol. The minimum absolute atomic E-state index is 0.272. The van der Waals surface area contributed by atoms with Gasteiger partial charge in [0.1, 0.15) is 0 Å². The molecule has 0 saturated carbocycles. The first kappa shape index (κ1) is 12.8. The van der Waals surface area contributed by atoms with Crippen LogP contribution in [0.25, 0.3) is 0 Å². The Bertz CT molecular complexity index is 356. The highest BCUT2D eigenvalue weighted by atomic mass is 32.1. The average Bonchev–Trinajstić information content (AvgIpc) is 2.22. The van der Waals surface area contributed by atoms with Crippen LogP contribution in [0, 0.1) is 13.8 Å². The van der Waals surface area contributed by atoms with Crippen molar-refractivity contribution in [2.24, 2.45) is 0 Å². The predicted octanol–water partition coefficient (Wildman–Crippen LogP) is 4.96. The van der Waals surface area contributed by atoms with Gasteiger partial charge in [0.15, 0.2) is 0 Å². The van der Waals surface area contributed by atoms with E-state index in [1.807, 2.05) is 11.3 Å². The Balaban J connectivity index is 3.41. The minimum atomic E-state index is 0.272. The zero-order valence-electron chi connectivity index (χ0n) is 11.4. The van der Waals surface area contributed by atoms with Crippen LogP contribution in [-0.2, 0) is 10.8 Å². The van der Waals surface area contributed by atoms with Crippen molar-refractivity contribution in [1.29, 1.82) is 0 Å². The van der Waals surface area contributed by atoms with Gasteiger partial charge in [-0.3, -0.25) is 0 Å². The summed E-state index contributed by atoms with van der Waals surface area (Å²) in [6.07, 6.45) is 0. The zero-order valence-corrected chi connectivity index (χ0v) is 12.2. The van der Waals surface area contributed by atoms with Gasteiger partial charge >= 0.3 is 0 Å². The first-order chi connectivity index (χ1) is 6.55. The lowest BCUT2D eigenvalue weighted by Gasteiger charge is -2.22. The third-order valence-electron chi connectivity index (χ3n) is 2.75. The maximum Gasteiger partial charge on any atom is 0.0134 e. The third-order valence-corrected chi connectivity index (χ3v) is 4.39. The molecule has 0 amide bonds. The molecule has 0 aromatic carbocycles. The standard InChI is InChI=1S/C14H24S/c1-9-11(13(3,4)5)10(2)15-12(9)14(6,7)8/h1-8H3. The Labute approximate surface area is 98.7 Å². The quantitative estimate of drug-likeness (QED) is 0.584. The Morgan fingerprint density at radius 1 is 0.800 bits per heavy atom.